The highest BCUT2D eigenvalue weighted by Crippen LogP contribution is 2.29. The highest BCUT2D eigenvalue weighted by Gasteiger charge is 2.27. The number of hydrogen-bond acceptors (Lipinski definition) is 3. The SMILES string of the molecule is CC1CCCC(NC(=O)CCc2nc3ccccc3s2)C1C. The maximum atomic E-state index is 12.2. The van der Waals surface area contributed by atoms with Gasteiger partial charge in [0.2, 0.25) is 5.91 Å². The van der Waals surface area contributed by atoms with Crippen molar-refractivity contribution in [2.45, 2.75) is 52.0 Å². The smallest absolute Gasteiger partial charge is 0.220 e. The van der Waals surface area contributed by atoms with E-state index in [1.807, 2.05) is 18.2 Å². The van der Waals surface area contributed by atoms with E-state index in [9.17, 15) is 4.79 Å². The Balaban J connectivity index is 1.53. The van der Waals surface area contributed by atoms with Gasteiger partial charge in [-0.2, -0.15) is 0 Å². The van der Waals surface area contributed by atoms with Crippen molar-refractivity contribution in [3.05, 3.63) is 29.3 Å². The molecule has 0 spiro atoms. The minimum Gasteiger partial charge on any atom is -0.353 e. The first kappa shape index (κ1) is 15.5. The lowest BCUT2D eigenvalue weighted by Gasteiger charge is -2.34. The van der Waals surface area contributed by atoms with Crippen molar-refractivity contribution in [3.8, 4) is 0 Å². The van der Waals surface area contributed by atoms with Crippen molar-refractivity contribution in [2.24, 2.45) is 11.8 Å². The Morgan fingerprint density at radius 1 is 1.32 bits per heavy atom. The third kappa shape index (κ3) is 3.49. The second kappa shape index (κ2) is 6.78. The molecule has 3 atom stereocenters. The summed E-state index contributed by atoms with van der Waals surface area (Å²) in [6.45, 7) is 4.56. The monoisotopic (exact) mass is 316 g/mol. The molecule has 0 bridgehead atoms. The van der Waals surface area contributed by atoms with Crippen molar-refractivity contribution in [3.63, 3.8) is 0 Å². The maximum Gasteiger partial charge on any atom is 0.220 e. The predicted octanol–water partition coefficient (Wildman–Crippen LogP) is 4.17. The van der Waals surface area contributed by atoms with Crippen LogP contribution in [-0.2, 0) is 11.2 Å². The van der Waals surface area contributed by atoms with Gasteiger partial charge in [0.15, 0.2) is 0 Å². The molecule has 0 saturated heterocycles. The molecule has 1 aliphatic carbocycles. The summed E-state index contributed by atoms with van der Waals surface area (Å²) < 4.78 is 1.20. The minimum atomic E-state index is 0.171. The van der Waals surface area contributed by atoms with Crippen LogP contribution < -0.4 is 5.32 Å². The highest BCUT2D eigenvalue weighted by atomic mass is 32.1. The topological polar surface area (TPSA) is 42.0 Å². The van der Waals surface area contributed by atoms with Gasteiger partial charge in [0.1, 0.15) is 0 Å². The second-order valence-electron chi connectivity index (χ2n) is 6.52. The first-order chi connectivity index (χ1) is 10.6. The van der Waals surface area contributed by atoms with Crippen molar-refractivity contribution in [1.82, 2.24) is 10.3 Å². The zero-order valence-electron chi connectivity index (χ0n) is 13.3. The number of fused-ring (bicyclic) bond motifs is 1. The number of aromatic nitrogens is 1. The van der Waals surface area contributed by atoms with Crippen LogP contribution in [0.4, 0.5) is 0 Å². The summed E-state index contributed by atoms with van der Waals surface area (Å²) in [6.07, 6.45) is 4.92. The maximum absolute atomic E-state index is 12.2. The Kier molecular flexibility index (Phi) is 4.77. The predicted molar refractivity (Wildman–Crippen MR) is 92.1 cm³/mol. The molecule has 1 N–H and O–H groups in total. The molecule has 1 aliphatic rings. The van der Waals surface area contributed by atoms with E-state index >= 15 is 0 Å². The summed E-state index contributed by atoms with van der Waals surface area (Å²) in [5.41, 5.74) is 1.04. The van der Waals surface area contributed by atoms with E-state index in [4.69, 9.17) is 0 Å². The number of nitrogens with one attached hydrogen (secondary N) is 1. The molecule has 0 aliphatic heterocycles. The summed E-state index contributed by atoms with van der Waals surface area (Å²) in [6, 6.07) is 8.50. The van der Waals surface area contributed by atoms with Gasteiger partial charge in [0, 0.05) is 18.9 Å². The number of carbonyl (C=O) groups excluding carboxylic acids is 1. The van der Waals surface area contributed by atoms with Crippen LogP contribution in [0.5, 0.6) is 0 Å². The van der Waals surface area contributed by atoms with Gasteiger partial charge in [-0.1, -0.05) is 38.8 Å². The normalized spacial score (nSPS) is 25.3. The van der Waals surface area contributed by atoms with E-state index in [1.165, 1.54) is 17.5 Å². The van der Waals surface area contributed by atoms with Gasteiger partial charge in [-0.15, -0.1) is 11.3 Å². The molecule has 1 fully saturated rings. The van der Waals surface area contributed by atoms with E-state index in [0.29, 0.717) is 24.3 Å². The van der Waals surface area contributed by atoms with Crippen LogP contribution in [0.25, 0.3) is 10.2 Å². The lowest BCUT2D eigenvalue weighted by molar-refractivity contribution is -0.122. The summed E-state index contributed by atoms with van der Waals surface area (Å²) >= 11 is 1.70. The fraction of sp³-hybridized carbons (Fsp3) is 0.556. The number of benzene rings is 1. The molecule has 2 aromatic rings. The van der Waals surface area contributed by atoms with Crippen LogP contribution in [0.3, 0.4) is 0 Å². The first-order valence-corrected chi connectivity index (χ1v) is 9.09. The third-order valence-electron chi connectivity index (χ3n) is 4.96. The Hall–Kier alpha value is -1.42. The zero-order valence-corrected chi connectivity index (χ0v) is 14.2. The summed E-state index contributed by atoms with van der Waals surface area (Å²) in [5, 5.41) is 4.30. The number of thiazole rings is 1. The Labute approximate surface area is 136 Å². The van der Waals surface area contributed by atoms with Crippen molar-refractivity contribution in [1.29, 1.82) is 0 Å². The molecule has 1 aromatic carbocycles. The van der Waals surface area contributed by atoms with E-state index in [2.05, 4.69) is 30.2 Å². The number of para-hydroxylation sites is 1. The van der Waals surface area contributed by atoms with Crippen LogP contribution in [0.2, 0.25) is 0 Å². The van der Waals surface area contributed by atoms with Crippen LogP contribution in [-0.4, -0.2) is 16.9 Å². The molecule has 1 aromatic heterocycles. The fourth-order valence-corrected chi connectivity index (χ4v) is 4.28. The number of nitrogens with zero attached hydrogens (tertiary/aromatic N) is 1. The van der Waals surface area contributed by atoms with Crippen LogP contribution in [0, 0.1) is 11.8 Å². The molecule has 0 radical (unpaired) electrons. The molecule has 3 rings (SSSR count). The minimum absolute atomic E-state index is 0.171. The molecule has 3 unspecified atom stereocenters. The lowest BCUT2D eigenvalue weighted by atomic mass is 9.78. The summed E-state index contributed by atoms with van der Waals surface area (Å²) in [7, 11) is 0. The lowest BCUT2D eigenvalue weighted by Crippen LogP contribution is -2.43. The standard InChI is InChI=1S/C18H24N2OS/c1-12-6-5-8-14(13(12)2)19-17(21)10-11-18-20-15-7-3-4-9-16(15)22-18/h3-4,7,9,12-14H,5-6,8,10-11H2,1-2H3,(H,19,21). The first-order valence-electron chi connectivity index (χ1n) is 8.27. The fourth-order valence-electron chi connectivity index (χ4n) is 3.31. The Bertz CT molecular complexity index is 618. The van der Waals surface area contributed by atoms with Crippen LogP contribution in [0.15, 0.2) is 24.3 Å². The van der Waals surface area contributed by atoms with Crippen molar-refractivity contribution >= 4 is 27.5 Å². The van der Waals surface area contributed by atoms with Gasteiger partial charge < -0.3 is 5.32 Å². The summed E-state index contributed by atoms with van der Waals surface area (Å²) in [4.78, 5) is 16.8. The molecular formula is C18H24N2OS. The zero-order chi connectivity index (χ0) is 15.5. The third-order valence-corrected chi connectivity index (χ3v) is 6.05. The Morgan fingerprint density at radius 3 is 2.95 bits per heavy atom. The molecule has 3 nitrogen and oxygen atoms in total. The molecule has 1 amide bonds. The van der Waals surface area contributed by atoms with E-state index < -0.39 is 0 Å². The molecule has 118 valence electrons. The largest absolute Gasteiger partial charge is 0.353 e. The van der Waals surface area contributed by atoms with Crippen molar-refractivity contribution in [2.75, 3.05) is 0 Å². The average molecular weight is 316 g/mol. The van der Waals surface area contributed by atoms with Gasteiger partial charge in [-0.3, -0.25) is 4.79 Å². The van der Waals surface area contributed by atoms with E-state index in [-0.39, 0.29) is 5.91 Å². The molecule has 1 saturated carbocycles. The highest BCUT2D eigenvalue weighted by molar-refractivity contribution is 7.18. The van der Waals surface area contributed by atoms with E-state index in [1.54, 1.807) is 11.3 Å². The number of rotatable bonds is 4. The van der Waals surface area contributed by atoms with Gasteiger partial charge in [-0.25, -0.2) is 4.98 Å². The summed E-state index contributed by atoms with van der Waals surface area (Å²) in [5.74, 6) is 1.47. The van der Waals surface area contributed by atoms with Gasteiger partial charge in [0.25, 0.3) is 0 Å². The number of hydrogen-bond donors (Lipinski definition) is 1. The van der Waals surface area contributed by atoms with Gasteiger partial charge in [0.05, 0.1) is 15.2 Å². The molecular weight excluding hydrogens is 292 g/mol. The number of amides is 1. The van der Waals surface area contributed by atoms with E-state index in [0.717, 1.165) is 23.4 Å². The quantitative estimate of drug-likeness (QED) is 0.920. The Morgan fingerprint density at radius 2 is 2.14 bits per heavy atom. The molecule has 4 heteroatoms. The molecule has 22 heavy (non-hydrogen) atoms. The van der Waals surface area contributed by atoms with Gasteiger partial charge in [-0.05, 0) is 30.4 Å². The van der Waals surface area contributed by atoms with Crippen LogP contribution >= 0.6 is 11.3 Å². The number of aryl methyl sites for hydroxylation is 1. The van der Waals surface area contributed by atoms with Crippen LogP contribution in [0.1, 0.15) is 44.5 Å². The molecule has 1 heterocycles. The van der Waals surface area contributed by atoms with Crippen molar-refractivity contribution < 1.29 is 4.79 Å². The van der Waals surface area contributed by atoms with Gasteiger partial charge >= 0.3 is 0 Å². The number of carbonyl (C=O) groups is 1. The average Bonchev–Trinajstić information content (AvgIpc) is 2.93. The second-order valence-corrected chi connectivity index (χ2v) is 7.63.